The molecule has 2 aromatic carbocycles. The lowest BCUT2D eigenvalue weighted by atomic mass is 9.98. The van der Waals surface area contributed by atoms with Gasteiger partial charge in [-0.15, -0.1) is 0 Å². The van der Waals surface area contributed by atoms with Crippen LogP contribution in [0.3, 0.4) is 0 Å². The first-order valence-corrected chi connectivity index (χ1v) is 6.12. The molecular formula is C16H19N. The molecule has 1 nitrogen and oxygen atoms in total. The Morgan fingerprint density at radius 1 is 1.00 bits per heavy atom. The van der Waals surface area contributed by atoms with Gasteiger partial charge in [0.2, 0.25) is 0 Å². The van der Waals surface area contributed by atoms with Crippen LogP contribution in [-0.4, -0.2) is 0 Å². The molecule has 0 amide bonds. The van der Waals surface area contributed by atoms with Crippen molar-refractivity contribution in [2.24, 2.45) is 5.73 Å². The van der Waals surface area contributed by atoms with Gasteiger partial charge in [-0.3, -0.25) is 0 Å². The summed E-state index contributed by atoms with van der Waals surface area (Å²) in [6.07, 6.45) is 2.03. The van der Waals surface area contributed by atoms with Gasteiger partial charge < -0.3 is 5.73 Å². The number of hydrogen-bond acceptors (Lipinski definition) is 1. The predicted molar refractivity (Wildman–Crippen MR) is 72.9 cm³/mol. The quantitative estimate of drug-likeness (QED) is 0.845. The molecule has 0 spiro atoms. The SMILES string of the molecule is Cc1cccc(C(N)CCc2ccccc2)c1. The normalized spacial score (nSPS) is 12.4. The second kappa shape index (κ2) is 5.65. The van der Waals surface area contributed by atoms with Crippen LogP contribution < -0.4 is 5.73 Å². The molecule has 1 atom stereocenters. The van der Waals surface area contributed by atoms with Gasteiger partial charge in [0.1, 0.15) is 0 Å². The molecule has 1 heteroatoms. The highest BCUT2D eigenvalue weighted by Gasteiger charge is 2.05. The molecule has 17 heavy (non-hydrogen) atoms. The van der Waals surface area contributed by atoms with Crippen molar-refractivity contribution in [2.75, 3.05) is 0 Å². The predicted octanol–water partition coefficient (Wildman–Crippen LogP) is 3.63. The van der Waals surface area contributed by atoms with Crippen LogP contribution in [0.2, 0.25) is 0 Å². The smallest absolute Gasteiger partial charge is 0.0298 e. The van der Waals surface area contributed by atoms with E-state index in [0.717, 1.165) is 12.8 Å². The maximum absolute atomic E-state index is 6.21. The first kappa shape index (κ1) is 11.9. The zero-order valence-electron chi connectivity index (χ0n) is 10.3. The highest BCUT2D eigenvalue weighted by Crippen LogP contribution is 2.17. The Kier molecular flexibility index (Phi) is 3.94. The minimum atomic E-state index is 0.134. The summed E-state index contributed by atoms with van der Waals surface area (Å²) in [5.41, 5.74) is 10.1. The summed E-state index contributed by atoms with van der Waals surface area (Å²) in [5.74, 6) is 0. The third-order valence-corrected chi connectivity index (χ3v) is 3.06. The van der Waals surface area contributed by atoms with Crippen LogP contribution in [0.25, 0.3) is 0 Å². The van der Waals surface area contributed by atoms with Crippen molar-refractivity contribution in [3.05, 3.63) is 71.3 Å². The van der Waals surface area contributed by atoms with E-state index in [2.05, 4.69) is 55.5 Å². The summed E-state index contributed by atoms with van der Waals surface area (Å²) in [7, 11) is 0. The van der Waals surface area contributed by atoms with Crippen molar-refractivity contribution in [3.63, 3.8) is 0 Å². The van der Waals surface area contributed by atoms with Crippen LogP contribution >= 0.6 is 0 Å². The Morgan fingerprint density at radius 3 is 2.47 bits per heavy atom. The standard InChI is InChI=1S/C16H19N/c1-13-6-5-9-15(12-13)16(17)11-10-14-7-3-2-4-8-14/h2-9,12,16H,10-11,17H2,1H3. The van der Waals surface area contributed by atoms with Crippen LogP contribution in [0.1, 0.15) is 29.2 Å². The summed E-state index contributed by atoms with van der Waals surface area (Å²) >= 11 is 0. The Morgan fingerprint density at radius 2 is 1.76 bits per heavy atom. The largest absolute Gasteiger partial charge is 0.324 e. The second-order valence-corrected chi connectivity index (χ2v) is 4.54. The van der Waals surface area contributed by atoms with Crippen LogP contribution in [-0.2, 0) is 6.42 Å². The number of benzene rings is 2. The van der Waals surface area contributed by atoms with Crippen molar-refractivity contribution in [2.45, 2.75) is 25.8 Å². The molecule has 0 heterocycles. The topological polar surface area (TPSA) is 26.0 Å². The average molecular weight is 225 g/mol. The van der Waals surface area contributed by atoms with E-state index in [1.54, 1.807) is 0 Å². The summed E-state index contributed by atoms with van der Waals surface area (Å²) in [5, 5.41) is 0. The van der Waals surface area contributed by atoms with Crippen LogP contribution in [0, 0.1) is 6.92 Å². The average Bonchev–Trinajstić information content (AvgIpc) is 2.37. The van der Waals surface area contributed by atoms with E-state index in [9.17, 15) is 0 Å². The first-order chi connectivity index (χ1) is 8.25. The molecule has 2 N–H and O–H groups in total. The third kappa shape index (κ3) is 3.43. The van der Waals surface area contributed by atoms with E-state index < -0.39 is 0 Å². The number of rotatable bonds is 4. The minimum absolute atomic E-state index is 0.134. The molecule has 0 fully saturated rings. The van der Waals surface area contributed by atoms with Gasteiger partial charge >= 0.3 is 0 Å². The van der Waals surface area contributed by atoms with Crippen LogP contribution in [0.4, 0.5) is 0 Å². The maximum atomic E-state index is 6.21. The highest BCUT2D eigenvalue weighted by atomic mass is 14.6. The summed E-state index contributed by atoms with van der Waals surface area (Å²) in [4.78, 5) is 0. The lowest BCUT2D eigenvalue weighted by Gasteiger charge is -2.12. The summed E-state index contributed by atoms with van der Waals surface area (Å²) in [6, 6.07) is 19.1. The van der Waals surface area contributed by atoms with Crippen molar-refractivity contribution >= 4 is 0 Å². The molecule has 0 aromatic heterocycles. The molecule has 0 radical (unpaired) electrons. The Labute approximate surface area is 103 Å². The molecule has 0 aliphatic rings. The number of aryl methyl sites for hydroxylation is 2. The van der Waals surface area contributed by atoms with Gasteiger partial charge in [-0.1, -0.05) is 60.2 Å². The fraction of sp³-hybridized carbons (Fsp3) is 0.250. The first-order valence-electron chi connectivity index (χ1n) is 6.12. The van der Waals surface area contributed by atoms with Gasteiger partial charge in [0, 0.05) is 6.04 Å². The molecule has 1 unspecified atom stereocenters. The Hall–Kier alpha value is -1.60. The third-order valence-electron chi connectivity index (χ3n) is 3.06. The van der Waals surface area contributed by atoms with Gasteiger partial charge in [-0.05, 0) is 30.9 Å². The van der Waals surface area contributed by atoms with Crippen molar-refractivity contribution < 1.29 is 0 Å². The second-order valence-electron chi connectivity index (χ2n) is 4.54. The van der Waals surface area contributed by atoms with E-state index in [-0.39, 0.29) is 6.04 Å². The van der Waals surface area contributed by atoms with Crippen LogP contribution in [0.5, 0.6) is 0 Å². The van der Waals surface area contributed by atoms with E-state index in [1.165, 1.54) is 16.7 Å². The van der Waals surface area contributed by atoms with Gasteiger partial charge in [-0.2, -0.15) is 0 Å². The Balaban J connectivity index is 1.96. The molecule has 0 saturated heterocycles. The molecule has 0 saturated carbocycles. The summed E-state index contributed by atoms with van der Waals surface area (Å²) < 4.78 is 0. The van der Waals surface area contributed by atoms with Crippen LogP contribution in [0.15, 0.2) is 54.6 Å². The minimum Gasteiger partial charge on any atom is -0.324 e. The molecule has 2 aromatic rings. The number of nitrogens with two attached hydrogens (primary N) is 1. The van der Waals surface area contributed by atoms with Crippen molar-refractivity contribution in [1.82, 2.24) is 0 Å². The highest BCUT2D eigenvalue weighted by molar-refractivity contribution is 5.25. The fourth-order valence-electron chi connectivity index (χ4n) is 2.03. The molecule has 88 valence electrons. The summed E-state index contributed by atoms with van der Waals surface area (Å²) in [6.45, 7) is 2.10. The van der Waals surface area contributed by atoms with Gasteiger partial charge in [0.05, 0.1) is 0 Å². The maximum Gasteiger partial charge on any atom is 0.0298 e. The van der Waals surface area contributed by atoms with Crippen molar-refractivity contribution in [3.8, 4) is 0 Å². The zero-order chi connectivity index (χ0) is 12.1. The van der Waals surface area contributed by atoms with E-state index in [4.69, 9.17) is 5.73 Å². The van der Waals surface area contributed by atoms with Gasteiger partial charge in [0.25, 0.3) is 0 Å². The zero-order valence-corrected chi connectivity index (χ0v) is 10.3. The van der Waals surface area contributed by atoms with E-state index in [0.29, 0.717) is 0 Å². The lowest BCUT2D eigenvalue weighted by molar-refractivity contribution is 0.651. The van der Waals surface area contributed by atoms with Gasteiger partial charge in [0.15, 0.2) is 0 Å². The fourth-order valence-corrected chi connectivity index (χ4v) is 2.03. The lowest BCUT2D eigenvalue weighted by Crippen LogP contribution is -2.11. The number of hydrogen-bond donors (Lipinski definition) is 1. The Bertz CT molecular complexity index is 462. The molecule has 0 bridgehead atoms. The van der Waals surface area contributed by atoms with E-state index in [1.807, 2.05) is 6.07 Å². The molecule has 0 aliphatic carbocycles. The van der Waals surface area contributed by atoms with Crippen molar-refractivity contribution in [1.29, 1.82) is 0 Å². The molecule has 0 aliphatic heterocycles. The molecule has 2 rings (SSSR count). The van der Waals surface area contributed by atoms with Gasteiger partial charge in [-0.25, -0.2) is 0 Å². The monoisotopic (exact) mass is 225 g/mol. The molecular weight excluding hydrogens is 206 g/mol. The van der Waals surface area contributed by atoms with E-state index >= 15 is 0 Å².